The van der Waals surface area contributed by atoms with Gasteiger partial charge in [0.15, 0.2) is 0 Å². The maximum Gasteiger partial charge on any atom is 0.126 e. The van der Waals surface area contributed by atoms with Crippen LogP contribution in [0.1, 0.15) is 6.42 Å². The Hall–Kier alpha value is -1.42. The lowest BCUT2D eigenvalue weighted by Crippen LogP contribution is -2.14. The predicted octanol–water partition coefficient (Wildman–Crippen LogP) is 2.98. The van der Waals surface area contributed by atoms with Crippen LogP contribution in [-0.2, 0) is 0 Å². The zero-order valence-electron chi connectivity index (χ0n) is 10.2. The number of anilines is 2. The molecule has 1 unspecified atom stereocenters. The third kappa shape index (κ3) is 2.53. The molecule has 0 aliphatic carbocycles. The van der Waals surface area contributed by atoms with Gasteiger partial charge in [-0.1, -0.05) is 0 Å². The predicted molar refractivity (Wildman–Crippen MR) is 80.1 cm³/mol. The minimum absolute atomic E-state index is 0.785. The Bertz CT molecular complexity index is 550. The lowest BCUT2D eigenvalue weighted by atomic mass is 10.1. The Kier molecular flexibility index (Phi) is 3.28. The van der Waals surface area contributed by atoms with Crippen molar-refractivity contribution >= 4 is 34.2 Å². The van der Waals surface area contributed by atoms with Gasteiger partial charge in [-0.3, -0.25) is 0 Å². The smallest absolute Gasteiger partial charge is 0.126 e. The molecule has 1 fully saturated rings. The number of nitrogen functional groups attached to an aromatic ring is 1. The second kappa shape index (κ2) is 5.06. The number of hydrogen-bond donors (Lipinski definition) is 2. The summed E-state index contributed by atoms with van der Waals surface area (Å²) in [7, 11) is 0. The highest BCUT2D eigenvalue weighted by Gasteiger charge is 2.14. The third-order valence-electron chi connectivity index (χ3n) is 3.31. The molecule has 2 heterocycles. The SMILES string of the molecule is Nc1ccc2nc(NCC3CCSC3)ccc2c1. The Balaban J connectivity index is 1.74. The first kappa shape index (κ1) is 11.7. The largest absolute Gasteiger partial charge is 0.399 e. The van der Waals surface area contributed by atoms with E-state index in [1.807, 2.05) is 36.0 Å². The number of nitrogens with one attached hydrogen (secondary N) is 1. The third-order valence-corrected chi connectivity index (χ3v) is 4.54. The summed E-state index contributed by atoms with van der Waals surface area (Å²) in [5.41, 5.74) is 7.54. The van der Waals surface area contributed by atoms with Crippen molar-refractivity contribution in [2.45, 2.75) is 6.42 Å². The zero-order valence-corrected chi connectivity index (χ0v) is 11.0. The molecule has 3 nitrogen and oxygen atoms in total. The Morgan fingerprint density at radius 3 is 3.11 bits per heavy atom. The van der Waals surface area contributed by atoms with E-state index in [0.29, 0.717) is 0 Å². The number of rotatable bonds is 3. The fourth-order valence-corrected chi connectivity index (χ4v) is 3.52. The quantitative estimate of drug-likeness (QED) is 0.832. The van der Waals surface area contributed by atoms with Gasteiger partial charge in [-0.05, 0) is 54.2 Å². The lowest BCUT2D eigenvalue weighted by Gasteiger charge is -2.11. The van der Waals surface area contributed by atoms with Crippen LogP contribution >= 0.6 is 11.8 Å². The summed E-state index contributed by atoms with van der Waals surface area (Å²) in [5.74, 6) is 4.33. The van der Waals surface area contributed by atoms with E-state index < -0.39 is 0 Å². The highest BCUT2D eigenvalue weighted by molar-refractivity contribution is 7.99. The molecule has 1 aliphatic rings. The number of nitrogens with two attached hydrogens (primary N) is 1. The molecule has 0 saturated carbocycles. The van der Waals surface area contributed by atoms with E-state index in [-0.39, 0.29) is 0 Å². The van der Waals surface area contributed by atoms with Crippen LogP contribution in [0.5, 0.6) is 0 Å². The van der Waals surface area contributed by atoms with Crippen molar-refractivity contribution in [3.8, 4) is 0 Å². The van der Waals surface area contributed by atoms with Gasteiger partial charge in [0.2, 0.25) is 0 Å². The fourth-order valence-electron chi connectivity index (χ4n) is 2.24. The average molecular weight is 259 g/mol. The van der Waals surface area contributed by atoms with Gasteiger partial charge in [-0.25, -0.2) is 4.98 Å². The monoisotopic (exact) mass is 259 g/mol. The molecular weight excluding hydrogens is 242 g/mol. The minimum atomic E-state index is 0.785. The first-order valence-electron chi connectivity index (χ1n) is 6.29. The van der Waals surface area contributed by atoms with Crippen molar-refractivity contribution in [2.75, 3.05) is 29.1 Å². The van der Waals surface area contributed by atoms with E-state index in [2.05, 4.69) is 16.4 Å². The first-order valence-corrected chi connectivity index (χ1v) is 7.44. The number of nitrogens with zero attached hydrogens (tertiary/aromatic N) is 1. The van der Waals surface area contributed by atoms with E-state index in [1.54, 1.807) is 0 Å². The summed E-state index contributed by atoms with van der Waals surface area (Å²) in [6, 6.07) is 9.93. The van der Waals surface area contributed by atoms with Gasteiger partial charge in [0.1, 0.15) is 5.82 Å². The highest BCUT2D eigenvalue weighted by Crippen LogP contribution is 2.24. The van der Waals surface area contributed by atoms with Gasteiger partial charge >= 0.3 is 0 Å². The summed E-state index contributed by atoms with van der Waals surface area (Å²) in [6.07, 6.45) is 1.32. The summed E-state index contributed by atoms with van der Waals surface area (Å²) in [5, 5.41) is 4.53. The van der Waals surface area contributed by atoms with Crippen LogP contribution in [0.25, 0.3) is 10.9 Å². The number of pyridine rings is 1. The van der Waals surface area contributed by atoms with Gasteiger partial charge in [0.05, 0.1) is 5.52 Å². The highest BCUT2D eigenvalue weighted by atomic mass is 32.2. The van der Waals surface area contributed by atoms with Gasteiger partial charge < -0.3 is 11.1 Å². The van der Waals surface area contributed by atoms with Crippen molar-refractivity contribution in [3.63, 3.8) is 0 Å². The molecule has 18 heavy (non-hydrogen) atoms. The maximum atomic E-state index is 5.76. The van der Waals surface area contributed by atoms with Crippen molar-refractivity contribution in [3.05, 3.63) is 30.3 Å². The topological polar surface area (TPSA) is 50.9 Å². The summed E-state index contributed by atoms with van der Waals surface area (Å²) >= 11 is 2.05. The van der Waals surface area contributed by atoms with Gasteiger partial charge in [-0.15, -0.1) is 0 Å². The maximum absolute atomic E-state index is 5.76. The van der Waals surface area contributed by atoms with E-state index in [9.17, 15) is 0 Å². The number of thioether (sulfide) groups is 1. The number of fused-ring (bicyclic) bond motifs is 1. The molecule has 94 valence electrons. The Morgan fingerprint density at radius 1 is 1.33 bits per heavy atom. The second-order valence-corrected chi connectivity index (χ2v) is 5.91. The summed E-state index contributed by atoms with van der Waals surface area (Å²) in [4.78, 5) is 4.60. The van der Waals surface area contributed by atoms with Crippen molar-refractivity contribution in [1.82, 2.24) is 4.98 Å². The molecule has 3 rings (SSSR count). The van der Waals surface area contributed by atoms with Crippen LogP contribution in [0.15, 0.2) is 30.3 Å². The number of aromatic nitrogens is 1. The van der Waals surface area contributed by atoms with Gasteiger partial charge in [0, 0.05) is 17.6 Å². The molecule has 4 heteroatoms. The van der Waals surface area contributed by atoms with Gasteiger partial charge in [0.25, 0.3) is 0 Å². The van der Waals surface area contributed by atoms with Crippen LogP contribution < -0.4 is 11.1 Å². The van der Waals surface area contributed by atoms with Crippen LogP contribution in [-0.4, -0.2) is 23.0 Å². The molecule has 1 atom stereocenters. The summed E-state index contributed by atoms with van der Waals surface area (Å²) in [6.45, 7) is 1.03. The first-order chi connectivity index (χ1) is 8.81. The molecule has 2 aromatic rings. The van der Waals surface area contributed by atoms with Crippen LogP contribution in [0, 0.1) is 5.92 Å². The lowest BCUT2D eigenvalue weighted by molar-refractivity contribution is 0.631. The minimum Gasteiger partial charge on any atom is -0.399 e. The fraction of sp³-hybridized carbons (Fsp3) is 0.357. The van der Waals surface area contributed by atoms with E-state index in [1.165, 1.54) is 17.9 Å². The molecule has 3 N–H and O–H groups in total. The van der Waals surface area contributed by atoms with Crippen LogP contribution in [0.4, 0.5) is 11.5 Å². The average Bonchev–Trinajstić information content (AvgIpc) is 2.89. The van der Waals surface area contributed by atoms with E-state index in [0.717, 1.165) is 34.9 Å². The molecular formula is C14H17N3S. The molecule has 1 saturated heterocycles. The molecule has 0 amide bonds. The normalized spacial score (nSPS) is 19.2. The van der Waals surface area contributed by atoms with Gasteiger partial charge in [-0.2, -0.15) is 11.8 Å². The molecule has 1 aromatic carbocycles. The van der Waals surface area contributed by atoms with Crippen LogP contribution in [0.2, 0.25) is 0 Å². The van der Waals surface area contributed by atoms with E-state index >= 15 is 0 Å². The molecule has 0 bridgehead atoms. The standard InChI is InChI=1S/C14H17N3S/c15-12-2-3-13-11(7-12)1-4-14(17-13)16-8-10-5-6-18-9-10/h1-4,7,10H,5-6,8-9,15H2,(H,16,17). The summed E-state index contributed by atoms with van der Waals surface area (Å²) < 4.78 is 0. The van der Waals surface area contributed by atoms with Crippen molar-refractivity contribution in [2.24, 2.45) is 5.92 Å². The van der Waals surface area contributed by atoms with Crippen molar-refractivity contribution in [1.29, 1.82) is 0 Å². The number of hydrogen-bond acceptors (Lipinski definition) is 4. The molecule has 1 aromatic heterocycles. The zero-order chi connectivity index (χ0) is 12.4. The molecule has 0 spiro atoms. The van der Waals surface area contributed by atoms with E-state index in [4.69, 9.17) is 5.73 Å². The van der Waals surface area contributed by atoms with Crippen molar-refractivity contribution < 1.29 is 0 Å². The molecule has 1 aliphatic heterocycles. The Labute approximate surface area is 111 Å². The Morgan fingerprint density at radius 2 is 2.28 bits per heavy atom. The molecule has 0 radical (unpaired) electrons. The van der Waals surface area contributed by atoms with Crippen LogP contribution in [0.3, 0.4) is 0 Å². The number of benzene rings is 1. The second-order valence-electron chi connectivity index (χ2n) is 4.76.